The van der Waals surface area contributed by atoms with Crippen molar-refractivity contribution in [2.24, 2.45) is 22.9 Å². The summed E-state index contributed by atoms with van der Waals surface area (Å²) in [5.74, 6) is -2.59. The number of rotatable bonds is 11. The Kier molecular flexibility index (Phi) is 11.6. The molecule has 8 unspecified atom stereocenters. The van der Waals surface area contributed by atoms with Crippen LogP contribution in [0.25, 0.3) is 0 Å². The first kappa shape index (κ1) is 33.4. The monoisotopic (exact) mass is 583 g/mol. The summed E-state index contributed by atoms with van der Waals surface area (Å²) in [6.45, 7) is 0.569. The molecule has 3 rings (SSSR count). The lowest BCUT2D eigenvalue weighted by molar-refractivity contribution is -0.353. The maximum atomic E-state index is 12.5. The van der Waals surface area contributed by atoms with Crippen molar-refractivity contribution in [1.82, 2.24) is 5.32 Å². The van der Waals surface area contributed by atoms with Crippen LogP contribution in [-0.4, -0.2) is 153 Å². The minimum absolute atomic E-state index is 0.0262. The molecule has 2 heterocycles. The predicted octanol–water partition coefficient (Wildman–Crippen LogP) is -7.00. The van der Waals surface area contributed by atoms with Crippen LogP contribution in [0.5, 0.6) is 0 Å². The SMILES string of the molecule is C[C@@H](N)[C@H]1O[C@@H](OC2C(O)[C@H](NC(=O)[C@@H](O)CCN)CC(N)[C@H]2OC2(CN)CC(O)[C@H](O)C(CO)O2)C(O)C1O. The maximum absolute atomic E-state index is 12.5. The van der Waals surface area contributed by atoms with E-state index in [4.69, 9.17) is 41.9 Å². The van der Waals surface area contributed by atoms with E-state index in [-0.39, 0.29) is 32.4 Å². The highest BCUT2D eigenvalue weighted by molar-refractivity contribution is 5.80. The highest BCUT2D eigenvalue weighted by Crippen LogP contribution is 2.37. The second-order valence-electron chi connectivity index (χ2n) is 10.8. The van der Waals surface area contributed by atoms with E-state index in [1.807, 2.05) is 0 Å². The molecule has 15 atom stereocenters. The standard InChI is InChI=1S/C23H45N5O12/c1-8(26)18-16(34)17(35)22(37-18)38-20-14(32)10(28-21(36)11(30)2-3-24)4-9(27)19(20)40-23(7-25)5-12(31)15(33)13(6-29)39-23/h8-20,22,29-35H,2-7,24-27H2,1H3,(H,28,36)/t8-,9?,10-,11+,12?,13?,14?,15+,16?,17?,18-,19-,20?,22+,23?/m1/s1. The summed E-state index contributed by atoms with van der Waals surface area (Å²) in [4.78, 5) is 12.5. The number of carbonyl (C=O) groups excluding carboxylic acids is 1. The van der Waals surface area contributed by atoms with Crippen LogP contribution in [-0.2, 0) is 23.7 Å². The molecule has 16 N–H and O–H groups in total. The van der Waals surface area contributed by atoms with E-state index in [9.17, 15) is 40.5 Å². The summed E-state index contributed by atoms with van der Waals surface area (Å²) < 4.78 is 23.4. The fraction of sp³-hybridized carbons (Fsp3) is 0.957. The molecular formula is C23H45N5O12. The average Bonchev–Trinajstić information content (AvgIpc) is 3.19. The lowest BCUT2D eigenvalue weighted by Crippen LogP contribution is -2.69. The van der Waals surface area contributed by atoms with Gasteiger partial charge in [0.15, 0.2) is 12.1 Å². The van der Waals surface area contributed by atoms with E-state index in [1.54, 1.807) is 6.92 Å². The van der Waals surface area contributed by atoms with Crippen LogP contribution in [0.2, 0.25) is 0 Å². The van der Waals surface area contributed by atoms with Crippen LogP contribution >= 0.6 is 0 Å². The molecule has 2 aliphatic heterocycles. The molecule has 234 valence electrons. The van der Waals surface area contributed by atoms with Gasteiger partial charge in [0.1, 0.15) is 54.9 Å². The van der Waals surface area contributed by atoms with Crippen molar-refractivity contribution >= 4 is 5.91 Å². The molecule has 40 heavy (non-hydrogen) atoms. The first-order valence-corrected chi connectivity index (χ1v) is 13.4. The maximum Gasteiger partial charge on any atom is 0.249 e. The molecule has 1 amide bonds. The molecule has 1 aliphatic carbocycles. The molecule has 3 fully saturated rings. The van der Waals surface area contributed by atoms with Crippen molar-refractivity contribution in [2.45, 2.75) is 117 Å². The highest BCUT2D eigenvalue weighted by atomic mass is 16.7. The first-order chi connectivity index (χ1) is 18.8. The fourth-order valence-corrected chi connectivity index (χ4v) is 5.36. The Morgan fingerprint density at radius 2 is 1.77 bits per heavy atom. The number of hydrogen-bond donors (Lipinski definition) is 12. The molecule has 0 aromatic rings. The van der Waals surface area contributed by atoms with Crippen molar-refractivity contribution in [3.63, 3.8) is 0 Å². The minimum Gasteiger partial charge on any atom is -0.394 e. The molecule has 1 saturated carbocycles. The van der Waals surface area contributed by atoms with Crippen molar-refractivity contribution in [3.05, 3.63) is 0 Å². The molecule has 0 spiro atoms. The second kappa shape index (κ2) is 13.9. The lowest BCUT2D eigenvalue weighted by atomic mass is 9.83. The van der Waals surface area contributed by atoms with Gasteiger partial charge in [-0.3, -0.25) is 4.79 Å². The van der Waals surface area contributed by atoms with Crippen molar-refractivity contribution in [3.8, 4) is 0 Å². The van der Waals surface area contributed by atoms with Gasteiger partial charge in [-0.25, -0.2) is 0 Å². The summed E-state index contributed by atoms with van der Waals surface area (Å²) in [6.07, 6.45) is -15.7. The zero-order valence-corrected chi connectivity index (χ0v) is 22.3. The molecule has 17 heteroatoms. The Bertz CT molecular complexity index is 831. The zero-order valence-electron chi connectivity index (χ0n) is 22.3. The summed E-state index contributed by atoms with van der Waals surface area (Å²) >= 11 is 0. The van der Waals surface area contributed by atoms with Crippen molar-refractivity contribution in [1.29, 1.82) is 0 Å². The number of nitrogens with two attached hydrogens (primary N) is 4. The van der Waals surface area contributed by atoms with Gasteiger partial charge in [0.05, 0.1) is 18.8 Å². The smallest absolute Gasteiger partial charge is 0.249 e. The van der Waals surface area contributed by atoms with Gasteiger partial charge in [-0.1, -0.05) is 0 Å². The van der Waals surface area contributed by atoms with Gasteiger partial charge < -0.3 is 82.9 Å². The second-order valence-corrected chi connectivity index (χ2v) is 10.8. The van der Waals surface area contributed by atoms with Gasteiger partial charge in [0, 0.05) is 25.0 Å². The Labute approximate surface area is 231 Å². The van der Waals surface area contributed by atoms with E-state index in [2.05, 4.69) is 5.32 Å². The van der Waals surface area contributed by atoms with Crippen LogP contribution in [0.15, 0.2) is 0 Å². The topological polar surface area (TPSA) is 312 Å². The molecule has 3 aliphatic rings. The predicted molar refractivity (Wildman–Crippen MR) is 135 cm³/mol. The molecule has 2 saturated heterocycles. The summed E-state index contributed by atoms with van der Waals surface area (Å²) in [5, 5.41) is 75.1. The van der Waals surface area contributed by atoms with Gasteiger partial charge in [-0.15, -0.1) is 0 Å². The zero-order chi connectivity index (χ0) is 29.9. The minimum atomic E-state index is -1.79. The molecule has 0 aromatic carbocycles. The van der Waals surface area contributed by atoms with Gasteiger partial charge in [0.2, 0.25) is 5.91 Å². The molecule has 17 nitrogen and oxygen atoms in total. The number of carbonyl (C=O) groups is 1. The molecule has 0 bridgehead atoms. The van der Waals surface area contributed by atoms with Crippen molar-refractivity contribution < 1.29 is 59.5 Å². The summed E-state index contributed by atoms with van der Waals surface area (Å²) in [6, 6.07) is -2.76. The van der Waals surface area contributed by atoms with Gasteiger partial charge >= 0.3 is 0 Å². The van der Waals surface area contributed by atoms with Crippen LogP contribution in [0.3, 0.4) is 0 Å². The quantitative estimate of drug-likeness (QED) is 0.107. The molecule has 0 radical (unpaired) electrons. The van der Waals surface area contributed by atoms with Crippen LogP contribution in [0.4, 0.5) is 0 Å². The summed E-state index contributed by atoms with van der Waals surface area (Å²) in [5.41, 5.74) is 23.6. The number of amides is 1. The van der Waals surface area contributed by atoms with Gasteiger partial charge in [-0.05, 0) is 26.3 Å². The number of aliphatic hydroxyl groups excluding tert-OH is 7. The van der Waals surface area contributed by atoms with Crippen LogP contribution in [0.1, 0.15) is 26.2 Å². The number of hydrogen-bond acceptors (Lipinski definition) is 16. The normalized spacial score (nSPS) is 45.7. The third-order valence-corrected chi connectivity index (χ3v) is 7.66. The Hall–Kier alpha value is -1.13. The number of aliphatic hydroxyl groups is 7. The Morgan fingerprint density at radius 3 is 2.33 bits per heavy atom. The molecular weight excluding hydrogens is 538 g/mol. The van der Waals surface area contributed by atoms with E-state index in [1.165, 1.54) is 0 Å². The third kappa shape index (κ3) is 7.08. The van der Waals surface area contributed by atoms with E-state index in [0.29, 0.717) is 0 Å². The van der Waals surface area contributed by atoms with E-state index >= 15 is 0 Å². The average molecular weight is 584 g/mol. The van der Waals surface area contributed by atoms with Gasteiger partial charge in [0.25, 0.3) is 0 Å². The highest BCUT2D eigenvalue weighted by Gasteiger charge is 2.55. The van der Waals surface area contributed by atoms with Crippen LogP contribution < -0.4 is 28.3 Å². The number of nitrogens with one attached hydrogen (secondary N) is 1. The first-order valence-electron chi connectivity index (χ1n) is 13.4. The fourth-order valence-electron chi connectivity index (χ4n) is 5.36. The van der Waals surface area contributed by atoms with E-state index < -0.39 is 104 Å². The van der Waals surface area contributed by atoms with E-state index in [0.717, 1.165) is 0 Å². The number of ether oxygens (including phenoxy) is 4. The van der Waals surface area contributed by atoms with Crippen molar-refractivity contribution in [2.75, 3.05) is 19.7 Å². The summed E-state index contributed by atoms with van der Waals surface area (Å²) in [7, 11) is 0. The molecule has 0 aromatic heterocycles. The third-order valence-electron chi connectivity index (χ3n) is 7.66. The Balaban J connectivity index is 1.90. The lowest BCUT2D eigenvalue weighted by Gasteiger charge is -2.50. The Morgan fingerprint density at radius 1 is 1.10 bits per heavy atom. The largest absolute Gasteiger partial charge is 0.394 e. The van der Waals surface area contributed by atoms with Crippen LogP contribution in [0, 0.1) is 0 Å². The van der Waals surface area contributed by atoms with Gasteiger partial charge in [-0.2, -0.15) is 0 Å².